The Morgan fingerprint density at radius 3 is 2.51 bits per heavy atom. The number of hydrogen-bond donors (Lipinski definition) is 3. The highest BCUT2D eigenvalue weighted by molar-refractivity contribution is 5.94. The summed E-state index contributed by atoms with van der Waals surface area (Å²) in [6.07, 6.45) is 8.80. The Morgan fingerprint density at radius 2 is 1.76 bits per heavy atom. The van der Waals surface area contributed by atoms with Crippen LogP contribution < -0.4 is 21.1 Å². The third-order valence-electron chi connectivity index (χ3n) is 9.34. The molecule has 0 spiro atoms. The molecule has 6 atom stereocenters. The summed E-state index contributed by atoms with van der Waals surface area (Å²) in [5, 5.41) is 0. The highest BCUT2D eigenvalue weighted by Gasteiger charge is 2.46. The van der Waals surface area contributed by atoms with Gasteiger partial charge in [0, 0.05) is 74.4 Å². The van der Waals surface area contributed by atoms with E-state index in [0.717, 1.165) is 70.2 Å². The SMILES string of the molecule is O=C(c1cnc(OC2CCCOC2)c(C2CC2)c1)N1C[C@@H]2CN(C(=O)[C@@H]3CCC4NNNC4C3)C[C@H]2C1. The van der Waals surface area contributed by atoms with Gasteiger partial charge in [0.1, 0.15) is 6.10 Å². The minimum Gasteiger partial charge on any atom is -0.472 e. The molecule has 2 saturated carbocycles. The molecule has 6 fully saturated rings. The summed E-state index contributed by atoms with van der Waals surface area (Å²) in [7, 11) is 0. The van der Waals surface area contributed by atoms with E-state index >= 15 is 0 Å². The van der Waals surface area contributed by atoms with E-state index in [4.69, 9.17) is 9.47 Å². The average Bonchev–Trinajstić information content (AvgIpc) is 3.33. The average molecular weight is 511 g/mol. The zero-order valence-electron chi connectivity index (χ0n) is 21.4. The minimum atomic E-state index is 0.0433. The zero-order chi connectivity index (χ0) is 24.9. The number of aromatic nitrogens is 1. The normalized spacial score (nSPS) is 35.4. The number of ether oxygens (including phenoxy) is 2. The summed E-state index contributed by atoms with van der Waals surface area (Å²) in [6.45, 7) is 4.38. The second-order valence-electron chi connectivity index (χ2n) is 12.0. The molecule has 1 aromatic rings. The highest BCUT2D eigenvalue weighted by atomic mass is 16.5. The van der Waals surface area contributed by atoms with Crippen LogP contribution in [0.1, 0.15) is 66.8 Å². The van der Waals surface area contributed by atoms with Crippen molar-refractivity contribution in [1.82, 2.24) is 31.2 Å². The molecule has 3 N–H and O–H groups in total. The standard InChI is InChI=1S/C27H38N6O4/c34-26(17-5-6-23-24(9-17)30-31-29-23)32-11-19-13-33(14-20(19)12-32)27(35)18-8-22(16-3-4-16)25(28-10-18)37-21-2-1-7-36-15-21/h8,10,16-17,19-21,23-24,29-31H,1-7,9,11-15H2/t17-,19+,20+,21?,23?,24?/m1/s1. The molecule has 2 amide bonds. The Balaban J connectivity index is 0.969. The molecule has 4 saturated heterocycles. The van der Waals surface area contributed by atoms with Crippen LogP contribution in [0.2, 0.25) is 0 Å². The summed E-state index contributed by atoms with van der Waals surface area (Å²) in [4.78, 5) is 35.4. The van der Waals surface area contributed by atoms with E-state index in [9.17, 15) is 9.59 Å². The Morgan fingerprint density at radius 1 is 0.973 bits per heavy atom. The molecule has 10 heteroatoms. The lowest BCUT2D eigenvalue weighted by Crippen LogP contribution is -2.45. The predicted octanol–water partition coefficient (Wildman–Crippen LogP) is 1.20. The second-order valence-corrected chi connectivity index (χ2v) is 12.0. The van der Waals surface area contributed by atoms with Crippen LogP contribution in [0.4, 0.5) is 0 Å². The molecule has 200 valence electrons. The number of amides is 2. The number of nitrogens with one attached hydrogen (secondary N) is 3. The molecule has 6 aliphatic rings. The molecule has 0 aromatic carbocycles. The quantitative estimate of drug-likeness (QED) is 0.543. The van der Waals surface area contributed by atoms with Gasteiger partial charge in [-0.05, 0) is 56.9 Å². The monoisotopic (exact) mass is 510 g/mol. The molecule has 0 bridgehead atoms. The smallest absolute Gasteiger partial charge is 0.255 e. The molecule has 37 heavy (non-hydrogen) atoms. The van der Waals surface area contributed by atoms with Gasteiger partial charge < -0.3 is 19.3 Å². The van der Waals surface area contributed by atoms with E-state index in [1.165, 1.54) is 0 Å². The van der Waals surface area contributed by atoms with Gasteiger partial charge in [-0.15, -0.1) is 0 Å². The van der Waals surface area contributed by atoms with Crippen molar-refractivity contribution in [3.8, 4) is 5.88 Å². The Labute approximate surface area is 217 Å². The van der Waals surface area contributed by atoms with Gasteiger partial charge in [-0.1, -0.05) is 0 Å². The van der Waals surface area contributed by atoms with E-state index in [1.807, 2.05) is 11.0 Å². The van der Waals surface area contributed by atoms with Gasteiger partial charge in [0.2, 0.25) is 11.8 Å². The van der Waals surface area contributed by atoms with E-state index in [-0.39, 0.29) is 17.9 Å². The topological polar surface area (TPSA) is 108 Å². The first-order chi connectivity index (χ1) is 18.1. The van der Waals surface area contributed by atoms with Gasteiger partial charge >= 0.3 is 0 Å². The van der Waals surface area contributed by atoms with Crippen LogP contribution in [0.15, 0.2) is 12.3 Å². The first kappa shape index (κ1) is 23.8. The molecule has 7 rings (SSSR count). The third kappa shape index (κ3) is 4.73. The van der Waals surface area contributed by atoms with Gasteiger partial charge in [-0.2, -0.15) is 5.53 Å². The molecular formula is C27H38N6O4. The molecule has 3 unspecified atom stereocenters. The second kappa shape index (κ2) is 9.80. The Hall–Kier alpha value is -2.27. The van der Waals surface area contributed by atoms with E-state index in [2.05, 4.69) is 26.3 Å². The van der Waals surface area contributed by atoms with Crippen molar-refractivity contribution in [1.29, 1.82) is 0 Å². The molecule has 0 radical (unpaired) electrons. The predicted molar refractivity (Wildman–Crippen MR) is 134 cm³/mol. The lowest BCUT2D eigenvalue weighted by Gasteiger charge is -2.32. The number of nitrogens with zero attached hydrogens (tertiary/aromatic N) is 3. The van der Waals surface area contributed by atoms with Gasteiger partial charge in [0.15, 0.2) is 0 Å². The van der Waals surface area contributed by atoms with Gasteiger partial charge in [0.25, 0.3) is 5.91 Å². The largest absolute Gasteiger partial charge is 0.472 e. The van der Waals surface area contributed by atoms with Crippen molar-refractivity contribution >= 4 is 11.8 Å². The maximum atomic E-state index is 13.5. The van der Waals surface area contributed by atoms with E-state index in [0.29, 0.717) is 66.9 Å². The van der Waals surface area contributed by atoms with Crippen molar-refractivity contribution in [2.24, 2.45) is 17.8 Å². The zero-order valence-corrected chi connectivity index (χ0v) is 21.4. The molecular weight excluding hydrogens is 472 g/mol. The van der Waals surface area contributed by atoms with Crippen molar-refractivity contribution in [3.63, 3.8) is 0 Å². The fraction of sp³-hybridized carbons (Fsp3) is 0.741. The number of rotatable bonds is 5. The highest BCUT2D eigenvalue weighted by Crippen LogP contribution is 2.44. The van der Waals surface area contributed by atoms with Gasteiger partial charge in [-0.25, -0.2) is 15.8 Å². The number of hydrazine groups is 2. The number of carbonyl (C=O) groups is 2. The molecule has 1 aromatic heterocycles. The lowest BCUT2D eigenvalue weighted by molar-refractivity contribution is -0.136. The van der Waals surface area contributed by atoms with Crippen molar-refractivity contribution in [2.45, 2.75) is 69.1 Å². The summed E-state index contributed by atoms with van der Waals surface area (Å²) in [5.74, 6) is 2.30. The maximum absolute atomic E-state index is 13.5. The minimum absolute atomic E-state index is 0.0433. The van der Waals surface area contributed by atoms with E-state index < -0.39 is 0 Å². The number of pyridine rings is 1. The fourth-order valence-corrected chi connectivity index (χ4v) is 7.07. The van der Waals surface area contributed by atoms with Crippen molar-refractivity contribution < 1.29 is 19.1 Å². The van der Waals surface area contributed by atoms with Crippen LogP contribution in [0.5, 0.6) is 5.88 Å². The van der Waals surface area contributed by atoms with Crippen LogP contribution in [0.3, 0.4) is 0 Å². The van der Waals surface area contributed by atoms with Crippen LogP contribution >= 0.6 is 0 Å². The summed E-state index contributed by atoms with van der Waals surface area (Å²) in [5.41, 5.74) is 11.2. The van der Waals surface area contributed by atoms with Crippen LogP contribution in [-0.4, -0.2) is 84.2 Å². The molecule has 5 heterocycles. The first-order valence-electron chi connectivity index (χ1n) is 14.2. The van der Waals surface area contributed by atoms with E-state index in [1.54, 1.807) is 6.20 Å². The third-order valence-corrected chi connectivity index (χ3v) is 9.34. The number of carbonyl (C=O) groups excluding carboxylic acids is 2. The van der Waals surface area contributed by atoms with Crippen molar-refractivity contribution in [2.75, 3.05) is 39.4 Å². The van der Waals surface area contributed by atoms with Crippen LogP contribution in [0.25, 0.3) is 0 Å². The molecule has 2 aliphatic carbocycles. The number of fused-ring (bicyclic) bond motifs is 2. The summed E-state index contributed by atoms with van der Waals surface area (Å²) >= 11 is 0. The lowest BCUT2D eigenvalue weighted by atomic mass is 9.82. The van der Waals surface area contributed by atoms with Crippen LogP contribution in [-0.2, 0) is 9.53 Å². The first-order valence-corrected chi connectivity index (χ1v) is 14.2. The maximum Gasteiger partial charge on any atom is 0.255 e. The number of likely N-dealkylation sites (tertiary alicyclic amines) is 2. The Bertz CT molecular complexity index is 1030. The fourth-order valence-electron chi connectivity index (χ4n) is 7.07. The summed E-state index contributed by atoms with van der Waals surface area (Å²) < 4.78 is 11.8. The number of hydrogen-bond acceptors (Lipinski definition) is 8. The van der Waals surface area contributed by atoms with Gasteiger partial charge in [-0.3, -0.25) is 9.59 Å². The van der Waals surface area contributed by atoms with Crippen molar-refractivity contribution in [3.05, 3.63) is 23.4 Å². The molecule has 4 aliphatic heterocycles. The molecule has 10 nitrogen and oxygen atoms in total. The Kier molecular flexibility index (Phi) is 6.31. The van der Waals surface area contributed by atoms with Crippen LogP contribution in [0, 0.1) is 17.8 Å². The summed E-state index contributed by atoms with van der Waals surface area (Å²) in [6, 6.07) is 2.76. The van der Waals surface area contributed by atoms with Gasteiger partial charge in [0.05, 0.1) is 12.2 Å².